The number of nitrogens with zero attached hydrogens (tertiary/aromatic N) is 2. The van der Waals surface area contributed by atoms with Gasteiger partial charge >= 0.3 is 5.97 Å². The van der Waals surface area contributed by atoms with Crippen molar-refractivity contribution >= 4 is 17.8 Å². The molecule has 0 fully saturated rings. The molecule has 4 rings (SSSR count). The first kappa shape index (κ1) is 37.7. The summed E-state index contributed by atoms with van der Waals surface area (Å²) < 4.78 is 5.88. The Kier molecular flexibility index (Phi) is 13.6. The molecule has 50 heavy (non-hydrogen) atoms. The lowest BCUT2D eigenvalue weighted by Crippen LogP contribution is -2.54. The van der Waals surface area contributed by atoms with Crippen LogP contribution in [0.4, 0.5) is 0 Å². The van der Waals surface area contributed by atoms with Gasteiger partial charge in [0.2, 0.25) is 5.91 Å². The Morgan fingerprint density at radius 2 is 1.40 bits per heavy atom. The van der Waals surface area contributed by atoms with E-state index in [9.17, 15) is 19.5 Å². The van der Waals surface area contributed by atoms with Crippen LogP contribution in [0.1, 0.15) is 81.3 Å². The van der Waals surface area contributed by atoms with Gasteiger partial charge in [-0.05, 0) is 52.8 Å². The lowest BCUT2D eigenvalue weighted by Gasteiger charge is -2.22. The third kappa shape index (κ3) is 11.0. The third-order valence-electron chi connectivity index (χ3n) is 8.49. The maximum Gasteiger partial charge on any atom is 0.327 e. The quantitative estimate of drug-likeness (QED) is 0.0944. The fourth-order valence-electron chi connectivity index (χ4n) is 5.36. The number of amides is 2. The zero-order chi connectivity index (χ0) is 36.1. The molecule has 0 aliphatic rings. The second-order valence-corrected chi connectivity index (χ2v) is 13.5. The molecule has 0 bridgehead atoms. The number of carboxylic acid groups (broad SMARTS) is 1. The van der Waals surface area contributed by atoms with Gasteiger partial charge < -0.3 is 26.2 Å². The molecule has 10 nitrogen and oxygen atoms in total. The number of aliphatic carboxylic acids is 1. The molecule has 0 aliphatic heterocycles. The second kappa shape index (κ2) is 18.1. The highest BCUT2D eigenvalue weighted by Gasteiger charge is 2.27. The Bertz CT molecular complexity index is 1680. The van der Waals surface area contributed by atoms with Gasteiger partial charge in [-0.25, -0.2) is 14.8 Å². The number of rotatable bonds is 17. The number of hydrogen-bond donors (Lipinski definition) is 4. The van der Waals surface area contributed by atoms with Crippen molar-refractivity contribution in [1.82, 2.24) is 20.6 Å². The number of carbonyl (C=O) groups is 3. The first-order chi connectivity index (χ1) is 24.0. The lowest BCUT2D eigenvalue weighted by atomic mass is 9.86. The van der Waals surface area contributed by atoms with E-state index in [1.807, 2.05) is 60.7 Å². The number of ether oxygens (including phenoxy) is 1. The number of benzene rings is 3. The zero-order valence-corrected chi connectivity index (χ0v) is 29.4. The molecule has 2 atom stereocenters. The van der Waals surface area contributed by atoms with Gasteiger partial charge in [-0.1, -0.05) is 102 Å². The predicted octanol–water partition coefficient (Wildman–Crippen LogP) is 6.33. The minimum atomic E-state index is -1.29. The summed E-state index contributed by atoms with van der Waals surface area (Å²) in [6.07, 6.45) is 9.66. The maximum atomic E-state index is 13.2. The van der Waals surface area contributed by atoms with Crippen molar-refractivity contribution in [3.8, 4) is 28.3 Å². The fraction of sp³-hybridized carbons (Fsp3) is 0.375. The number of hydrogen-bond acceptors (Lipinski definition) is 7. The minimum Gasteiger partial charge on any atom is -0.494 e. The van der Waals surface area contributed by atoms with E-state index >= 15 is 0 Å². The third-order valence-corrected chi connectivity index (χ3v) is 8.49. The van der Waals surface area contributed by atoms with Crippen LogP contribution in [-0.4, -0.2) is 58.1 Å². The van der Waals surface area contributed by atoms with Crippen molar-refractivity contribution in [2.75, 3.05) is 13.2 Å². The number of carboxylic acids is 1. The summed E-state index contributed by atoms with van der Waals surface area (Å²) >= 11 is 0. The van der Waals surface area contributed by atoms with E-state index in [1.54, 1.807) is 24.5 Å². The van der Waals surface area contributed by atoms with Crippen LogP contribution >= 0.6 is 0 Å². The lowest BCUT2D eigenvalue weighted by molar-refractivity contribution is -0.141. The number of aromatic nitrogens is 2. The Morgan fingerprint density at radius 1 is 0.780 bits per heavy atom. The molecule has 4 aromatic rings. The fourth-order valence-corrected chi connectivity index (χ4v) is 5.36. The molecular weight excluding hydrogens is 630 g/mol. The largest absolute Gasteiger partial charge is 0.494 e. The van der Waals surface area contributed by atoms with Gasteiger partial charge in [0.1, 0.15) is 17.8 Å². The van der Waals surface area contributed by atoms with Crippen LogP contribution in [-0.2, 0) is 21.4 Å². The molecule has 3 aromatic carbocycles. The van der Waals surface area contributed by atoms with E-state index in [1.165, 1.54) is 25.7 Å². The highest BCUT2D eigenvalue weighted by Crippen LogP contribution is 2.24. The molecule has 0 unspecified atom stereocenters. The van der Waals surface area contributed by atoms with Crippen LogP contribution in [0.2, 0.25) is 0 Å². The minimum absolute atomic E-state index is 0.0839. The number of carbonyl (C=O) groups excluding carboxylic acids is 2. The number of nitrogens with one attached hydrogen (secondary N) is 2. The van der Waals surface area contributed by atoms with Crippen LogP contribution < -0.4 is 21.1 Å². The summed E-state index contributed by atoms with van der Waals surface area (Å²) in [6.45, 7) is 8.88. The number of nitrogens with two attached hydrogens (primary N) is 1. The Morgan fingerprint density at radius 3 is 1.98 bits per heavy atom. The van der Waals surface area contributed by atoms with Gasteiger partial charge in [-0.2, -0.15) is 0 Å². The van der Waals surface area contributed by atoms with Crippen molar-refractivity contribution < 1.29 is 24.2 Å². The van der Waals surface area contributed by atoms with Gasteiger partial charge in [0.15, 0.2) is 5.82 Å². The molecule has 0 radical (unpaired) electrons. The molecule has 10 heteroatoms. The van der Waals surface area contributed by atoms with Crippen LogP contribution in [0.5, 0.6) is 5.75 Å². The molecule has 1 heterocycles. The van der Waals surface area contributed by atoms with Crippen molar-refractivity contribution in [2.45, 2.75) is 83.7 Å². The van der Waals surface area contributed by atoms with Gasteiger partial charge in [-0.3, -0.25) is 9.59 Å². The van der Waals surface area contributed by atoms with E-state index < -0.39 is 29.9 Å². The van der Waals surface area contributed by atoms with Crippen LogP contribution in [0.25, 0.3) is 22.5 Å². The van der Waals surface area contributed by atoms with Crippen molar-refractivity contribution in [3.63, 3.8) is 0 Å². The second-order valence-electron chi connectivity index (χ2n) is 13.5. The van der Waals surface area contributed by atoms with Gasteiger partial charge in [0.25, 0.3) is 5.91 Å². The molecule has 0 saturated heterocycles. The molecule has 0 spiro atoms. The first-order valence-electron chi connectivity index (χ1n) is 17.3. The summed E-state index contributed by atoms with van der Waals surface area (Å²) in [5.74, 6) is -0.967. The normalized spacial score (nSPS) is 12.5. The van der Waals surface area contributed by atoms with Crippen LogP contribution in [0, 0.1) is 0 Å². The molecule has 264 valence electrons. The summed E-state index contributed by atoms with van der Waals surface area (Å²) in [5, 5.41) is 14.7. The summed E-state index contributed by atoms with van der Waals surface area (Å²) in [4.78, 5) is 47.2. The summed E-state index contributed by atoms with van der Waals surface area (Å²) in [6, 6.07) is 20.1. The highest BCUT2D eigenvalue weighted by atomic mass is 16.5. The van der Waals surface area contributed by atoms with Crippen molar-refractivity contribution in [2.24, 2.45) is 5.73 Å². The van der Waals surface area contributed by atoms with Crippen molar-refractivity contribution in [1.29, 1.82) is 0 Å². The van der Waals surface area contributed by atoms with E-state index in [-0.39, 0.29) is 18.4 Å². The number of unbranched alkanes of at least 4 members (excludes halogenated alkanes) is 4. The molecule has 5 N–H and O–H groups in total. The van der Waals surface area contributed by atoms with Gasteiger partial charge in [-0.15, -0.1) is 0 Å². The van der Waals surface area contributed by atoms with Crippen LogP contribution in [0.3, 0.4) is 0 Å². The van der Waals surface area contributed by atoms with E-state index in [4.69, 9.17) is 10.5 Å². The zero-order valence-electron chi connectivity index (χ0n) is 29.4. The van der Waals surface area contributed by atoms with Gasteiger partial charge in [0.05, 0.1) is 6.61 Å². The SMILES string of the molecule is CCCCCCCOc1ccc(-c2cnc(-c3ccc(C[C@H](NC(=O)c4ccc(C(C)(C)C)cc4)C(=O)N[C@@H](CN)C(=O)O)cc3)nc2)cc1. The smallest absolute Gasteiger partial charge is 0.327 e. The van der Waals surface area contributed by atoms with Crippen LogP contribution in [0.15, 0.2) is 85.2 Å². The average Bonchev–Trinajstić information content (AvgIpc) is 3.12. The standard InChI is InChI=1S/C40H49N5O5/c1-5-6-7-8-9-22-50-33-20-16-28(17-21-33)31-25-42-36(43-26-31)29-12-10-27(11-13-29)23-34(38(47)45-35(24-41)39(48)49)44-37(46)30-14-18-32(19-15-30)40(2,3)4/h10-21,25-26,34-35H,5-9,22-24,41H2,1-4H3,(H,44,46)(H,45,47)(H,48,49)/t34-,35-/m0/s1. The van der Waals surface area contributed by atoms with Gasteiger partial charge in [0, 0.05) is 42.0 Å². The topological polar surface area (TPSA) is 157 Å². The first-order valence-corrected chi connectivity index (χ1v) is 17.3. The maximum absolute atomic E-state index is 13.2. The summed E-state index contributed by atoms with van der Waals surface area (Å²) in [7, 11) is 0. The molecule has 0 aliphatic carbocycles. The molecule has 0 saturated carbocycles. The van der Waals surface area contributed by atoms with E-state index in [0.29, 0.717) is 18.0 Å². The Labute approximate surface area is 294 Å². The van der Waals surface area contributed by atoms with E-state index in [2.05, 4.69) is 48.3 Å². The molecule has 2 amide bonds. The van der Waals surface area contributed by atoms with Crippen molar-refractivity contribution in [3.05, 3.63) is 102 Å². The Balaban J connectivity index is 1.41. The van der Waals surface area contributed by atoms with E-state index in [0.717, 1.165) is 40.0 Å². The molecular formula is C40H49N5O5. The Hall–Kier alpha value is -5.09. The average molecular weight is 680 g/mol. The summed E-state index contributed by atoms with van der Waals surface area (Å²) in [5.41, 5.74) is 10.3. The highest BCUT2D eigenvalue weighted by molar-refractivity contribution is 5.98. The molecule has 1 aromatic heterocycles. The monoisotopic (exact) mass is 679 g/mol. The predicted molar refractivity (Wildman–Crippen MR) is 196 cm³/mol.